The van der Waals surface area contributed by atoms with E-state index in [4.69, 9.17) is 4.74 Å². The number of halogens is 1. The summed E-state index contributed by atoms with van der Waals surface area (Å²) in [5.41, 5.74) is 2.09. The molecule has 1 saturated heterocycles. The lowest BCUT2D eigenvalue weighted by Crippen LogP contribution is -2.46. The topological polar surface area (TPSA) is 50.4 Å². The van der Waals surface area contributed by atoms with Gasteiger partial charge in [-0.3, -0.25) is 4.79 Å². The number of hydrogen-bond donors (Lipinski definition) is 2. The predicted molar refractivity (Wildman–Crippen MR) is 82.7 cm³/mol. The largest absolute Gasteiger partial charge is 0.496 e. The quantitative estimate of drug-likeness (QED) is 0.892. The van der Waals surface area contributed by atoms with Gasteiger partial charge in [-0.2, -0.15) is 0 Å². The number of aryl methyl sites for hydroxylation is 1. The average molecular weight is 299 g/mol. The van der Waals surface area contributed by atoms with Crippen LogP contribution in [0.15, 0.2) is 18.2 Å². The third-order valence-electron chi connectivity index (χ3n) is 3.45. The summed E-state index contributed by atoms with van der Waals surface area (Å²) < 4.78 is 5.30. The van der Waals surface area contributed by atoms with Crippen LogP contribution in [0.25, 0.3) is 0 Å². The summed E-state index contributed by atoms with van der Waals surface area (Å²) >= 11 is 0. The van der Waals surface area contributed by atoms with Crippen molar-refractivity contribution in [2.24, 2.45) is 0 Å². The van der Waals surface area contributed by atoms with Crippen LogP contribution in [0.1, 0.15) is 24.0 Å². The number of benzene rings is 1. The Morgan fingerprint density at radius 2 is 2.30 bits per heavy atom. The summed E-state index contributed by atoms with van der Waals surface area (Å²) in [7, 11) is 1.64. The molecular formula is C15H23ClN2O2. The monoisotopic (exact) mass is 298 g/mol. The Bertz CT molecular complexity index is 445. The molecule has 0 unspecified atom stereocenters. The van der Waals surface area contributed by atoms with E-state index in [1.165, 1.54) is 0 Å². The van der Waals surface area contributed by atoms with Crippen molar-refractivity contribution in [1.29, 1.82) is 0 Å². The first-order valence-corrected chi connectivity index (χ1v) is 6.82. The van der Waals surface area contributed by atoms with Gasteiger partial charge >= 0.3 is 0 Å². The van der Waals surface area contributed by atoms with E-state index in [0.29, 0.717) is 6.42 Å². The van der Waals surface area contributed by atoms with Crippen molar-refractivity contribution >= 4 is 18.3 Å². The van der Waals surface area contributed by atoms with Gasteiger partial charge in [0.15, 0.2) is 0 Å². The molecule has 0 aromatic heterocycles. The molecule has 1 amide bonds. The van der Waals surface area contributed by atoms with Gasteiger partial charge in [-0.1, -0.05) is 17.7 Å². The second-order valence-corrected chi connectivity index (χ2v) is 5.10. The third-order valence-corrected chi connectivity index (χ3v) is 3.45. The molecule has 0 radical (unpaired) electrons. The highest BCUT2D eigenvalue weighted by Gasteiger charge is 2.16. The Hall–Kier alpha value is -1.26. The molecule has 1 aliphatic rings. The lowest BCUT2D eigenvalue weighted by Gasteiger charge is -2.24. The number of hydrogen-bond acceptors (Lipinski definition) is 3. The van der Waals surface area contributed by atoms with Gasteiger partial charge < -0.3 is 15.4 Å². The van der Waals surface area contributed by atoms with Crippen molar-refractivity contribution in [2.75, 3.05) is 20.2 Å². The van der Waals surface area contributed by atoms with Gasteiger partial charge in [0, 0.05) is 18.2 Å². The standard InChI is InChI=1S/C15H22N2O2.ClH/c1-11-5-6-14(19-2)12(8-11)9-15(18)17-13-4-3-7-16-10-13;/h5-6,8,13,16H,3-4,7,9-10H2,1-2H3,(H,17,18);1H/t13-;/m0./s1. The summed E-state index contributed by atoms with van der Waals surface area (Å²) in [5, 5.41) is 6.38. The minimum absolute atomic E-state index is 0. The molecule has 5 heteroatoms. The Labute approximate surface area is 126 Å². The molecule has 112 valence electrons. The molecule has 1 atom stereocenters. The number of ether oxygens (including phenoxy) is 1. The maximum atomic E-state index is 12.1. The van der Waals surface area contributed by atoms with E-state index in [2.05, 4.69) is 10.6 Å². The molecule has 1 fully saturated rings. The fourth-order valence-corrected chi connectivity index (χ4v) is 2.47. The van der Waals surface area contributed by atoms with Gasteiger partial charge in [0.25, 0.3) is 0 Å². The number of piperidine rings is 1. The van der Waals surface area contributed by atoms with Crippen molar-refractivity contribution in [3.8, 4) is 5.75 Å². The van der Waals surface area contributed by atoms with Crippen LogP contribution in [-0.4, -0.2) is 32.1 Å². The molecule has 0 bridgehead atoms. The molecule has 1 aromatic rings. The van der Waals surface area contributed by atoms with Gasteiger partial charge in [-0.15, -0.1) is 12.4 Å². The van der Waals surface area contributed by atoms with Crippen LogP contribution in [0.3, 0.4) is 0 Å². The highest BCUT2D eigenvalue weighted by atomic mass is 35.5. The van der Waals surface area contributed by atoms with Crippen LogP contribution in [0.2, 0.25) is 0 Å². The van der Waals surface area contributed by atoms with Crippen LogP contribution in [0.4, 0.5) is 0 Å². The second-order valence-electron chi connectivity index (χ2n) is 5.10. The lowest BCUT2D eigenvalue weighted by atomic mass is 10.1. The number of carbonyl (C=O) groups excluding carboxylic acids is 1. The lowest BCUT2D eigenvalue weighted by molar-refractivity contribution is -0.121. The molecule has 0 saturated carbocycles. The van der Waals surface area contributed by atoms with Crippen molar-refractivity contribution in [1.82, 2.24) is 10.6 Å². The fourth-order valence-electron chi connectivity index (χ4n) is 2.47. The predicted octanol–water partition coefficient (Wildman–Crippen LogP) is 1.84. The Morgan fingerprint density at radius 1 is 1.50 bits per heavy atom. The van der Waals surface area contributed by atoms with Crippen molar-refractivity contribution in [2.45, 2.75) is 32.2 Å². The third kappa shape index (κ3) is 4.69. The van der Waals surface area contributed by atoms with E-state index in [9.17, 15) is 4.79 Å². The van der Waals surface area contributed by atoms with Crippen LogP contribution in [0, 0.1) is 6.92 Å². The van der Waals surface area contributed by atoms with Crippen LogP contribution in [-0.2, 0) is 11.2 Å². The number of amides is 1. The van der Waals surface area contributed by atoms with Crippen LogP contribution in [0.5, 0.6) is 5.75 Å². The summed E-state index contributed by atoms with van der Waals surface area (Å²) in [4.78, 5) is 12.1. The SMILES string of the molecule is COc1ccc(C)cc1CC(=O)N[C@H]1CCCNC1.Cl. The summed E-state index contributed by atoms with van der Waals surface area (Å²) in [5.74, 6) is 0.847. The zero-order valence-electron chi connectivity index (χ0n) is 12.1. The first-order valence-electron chi connectivity index (χ1n) is 6.82. The first-order chi connectivity index (χ1) is 9.19. The zero-order valence-corrected chi connectivity index (χ0v) is 12.9. The van der Waals surface area contributed by atoms with Crippen LogP contribution < -0.4 is 15.4 Å². The summed E-state index contributed by atoms with van der Waals surface area (Å²) in [6.45, 7) is 3.95. The molecule has 20 heavy (non-hydrogen) atoms. The van der Waals surface area contributed by atoms with E-state index in [0.717, 1.165) is 42.8 Å². The molecule has 2 rings (SSSR count). The maximum absolute atomic E-state index is 12.1. The first kappa shape index (κ1) is 16.8. The molecule has 0 spiro atoms. The summed E-state index contributed by atoms with van der Waals surface area (Å²) in [6.07, 6.45) is 2.56. The Kier molecular flexibility index (Phi) is 6.82. The van der Waals surface area contributed by atoms with Gasteiger partial charge in [0.1, 0.15) is 5.75 Å². The molecule has 1 heterocycles. The number of carbonyl (C=O) groups is 1. The minimum atomic E-state index is 0. The van der Waals surface area contributed by atoms with Gasteiger partial charge in [-0.25, -0.2) is 0 Å². The van der Waals surface area contributed by atoms with Crippen molar-refractivity contribution in [3.63, 3.8) is 0 Å². The highest BCUT2D eigenvalue weighted by molar-refractivity contribution is 5.85. The molecule has 0 aliphatic carbocycles. The molecule has 1 aliphatic heterocycles. The molecule has 2 N–H and O–H groups in total. The zero-order chi connectivity index (χ0) is 13.7. The van der Waals surface area contributed by atoms with E-state index in [1.54, 1.807) is 7.11 Å². The Morgan fingerprint density at radius 3 is 2.95 bits per heavy atom. The second kappa shape index (κ2) is 8.12. The van der Waals surface area contributed by atoms with Crippen LogP contribution >= 0.6 is 12.4 Å². The van der Waals surface area contributed by atoms with E-state index in [1.807, 2.05) is 25.1 Å². The smallest absolute Gasteiger partial charge is 0.224 e. The highest BCUT2D eigenvalue weighted by Crippen LogP contribution is 2.20. The van der Waals surface area contributed by atoms with E-state index in [-0.39, 0.29) is 24.4 Å². The normalized spacial score (nSPS) is 18.0. The maximum Gasteiger partial charge on any atom is 0.224 e. The molecule has 4 nitrogen and oxygen atoms in total. The number of rotatable bonds is 4. The van der Waals surface area contributed by atoms with E-state index < -0.39 is 0 Å². The number of nitrogens with one attached hydrogen (secondary N) is 2. The Balaban J connectivity index is 0.00000200. The van der Waals surface area contributed by atoms with Crippen molar-refractivity contribution in [3.05, 3.63) is 29.3 Å². The van der Waals surface area contributed by atoms with Gasteiger partial charge in [0.2, 0.25) is 5.91 Å². The van der Waals surface area contributed by atoms with Gasteiger partial charge in [0.05, 0.1) is 13.5 Å². The minimum Gasteiger partial charge on any atom is -0.496 e. The fraction of sp³-hybridized carbons (Fsp3) is 0.533. The molecule has 1 aromatic carbocycles. The number of methoxy groups -OCH3 is 1. The molecular weight excluding hydrogens is 276 g/mol. The average Bonchev–Trinajstić information content (AvgIpc) is 2.40. The van der Waals surface area contributed by atoms with Gasteiger partial charge in [-0.05, 0) is 32.4 Å². The van der Waals surface area contributed by atoms with Crippen molar-refractivity contribution < 1.29 is 9.53 Å². The summed E-state index contributed by atoms with van der Waals surface area (Å²) in [6, 6.07) is 6.18. The van der Waals surface area contributed by atoms with E-state index >= 15 is 0 Å².